The Morgan fingerprint density at radius 1 is 1.40 bits per heavy atom. The van der Waals surface area contributed by atoms with Gasteiger partial charge in [0.1, 0.15) is 0 Å². The van der Waals surface area contributed by atoms with Crippen molar-refractivity contribution in [3.05, 3.63) is 11.4 Å². The number of carboxylic acids is 1. The number of carboxylic acid groups (broad SMARTS) is 1. The van der Waals surface area contributed by atoms with E-state index in [0.717, 1.165) is 0 Å². The molecule has 1 N–H and O–H groups in total. The van der Waals surface area contributed by atoms with Gasteiger partial charge in [0.05, 0.1) is 11.2 Å². The van der Waals surface area contributed by atoms with Crippen LogP contribution in [-0.4, -0.2) is 26.1 Å². The predicted molar refractivity (Wildman–Crippen MR) is 56.1 cm³/mol. The van der Waals surface area contributed by atoms with Crippen molar-refractivity contribution in [2.24, 2.45) is 0 Å². The first-order valence-corrected chi connectivity index (χ1v) is 4.94. The minimum absolute atomic E-state index is 0.0555. The fraction of sp³-hybridized carbons (Fsp3) is 0.700. The van der Waals surface area contributed by atoms with Gasteiger partial charge in [-0.3, -0.25) is 0 Å². The maximum Gasteiger partial charge on any atom is 0.358 e. The summed E-state index contributed by atoms with van der Waals surface area (Å²) in [6, 6.07) is 0. The van der Waals surface area contributed by atoms with Gasteiger partial charge in [-0.1, -0.05) is 19.1 Å². The molecule has 0 amide bonds. The first-order chi connectivity index (χ1) is 6.75. The number of carbonyl (C=O) groups is 1. The maximum atomic E-state index is 11.0. The Bertz CT molecular complexity index is 375. The average Bonchev–Trinajstić information content (AvgIpc) is 2.45. The lowest BCUT2D eigenvalue weighted by Gasteiger charge is -2.22. The summed E-state index contributed by atoms with van der Waals surface area (Å²) in [5.41, 5.74) is 0.482. The van der Waals surface area contributed by atoms with Gasteiger partial charge in [0.15, 0.2) is 5.69 Å². The van der Waals surface area contributed by atoms with Crippen LogP contribution in [0.3, 0.4) is 0 Å². The molecule has 0 radical (unpaired) electrons. The molecule has 5 heteroatoms. The summed E-state index contributed by atoms with van der Waals surface area (Å²) in [7, 11) is 0. The largest absolute Gasteiger partial charge is 0.476 e. The highest BCUT2D eigenvalue weighted by Gasteiger charge is 2.27. The van der Waals surface area contributed by atoms with Gasteiger partial charge >= 0.3 is 5.97 Å². The standard InChI is InChI=1S/C10H17N3O2/c1-6(2)8-7(9(14)15)11-12-13(8)10(3,4)5/h6H,1-5H3,(H,14,15). The molecule has 0 saturated carbocycles. The van der Waals surface area contributed by atoms with Crippen LogP contribution in [-0.2, 0) is 5.54 Å². The van der Waals surface area contributed by atoms with E-state index in [1.54, 1.807) is 4.68 Å². The van der Waals surface area contributed by atoms with Gasteiger partial charge in [0, 0.05) is 0 Å². The summed E-state index contributed by atoms with van der Waals surface area (Å²) in [6.07, 6.45) is 0. The minimum atomic E-state index is -1.02. The third kappa shape index (κ3) is 2.16. The molecule has 0 aromatic carbocycles. The van der Waals surface area contributed by atoms with E-state index in [-0.39, 0.29) is 17.2 Å². The van der Waals surface area contributed by atoms with E-state index in [0.29, 0.717) is 5.69 Å². The van der Waals surface area contributed by atoms with Crippen LogP contribution in [0, 0.1) is 0 Å². The lowest BCUT2D eigenvalue weighted by Crippen LogP contribution is -2.26. The molecule has 0 atom stereocenters. The van der Waals surface area contributed by atoms with Crippen molar-refractivity contribution in [3.63, 3.8) is 0 Å². The first-order valence-electron chi connectivity index (χ1n) is 4.94. The van der Waals surface area contributed by atoms with Crippen LogP contribution in [0.1, 0.15) is 56.7 Å². The third-order valence-corrected chi connectivity index (χ3v) is 2.09. The van der Waals surface area contributed by atoms with Gasteiger partial charge in [0.2, 0.25) is 0 Å². The van der Waals surface area contributed by atoms with Gasteiger partial charge in [-0.2, -0.15) is 0 Å². The Kier molecular flexibility index (Phi) is 2.83. The van der Waals surface area contributed by atoms with Crippen LogP contribution >= 0.6 is 0 Å². The van der Waals surface area contributed by atoms with Crippen molar-refractivity contribution in [2.75, 3.05) is 0 Å². The van der Waals surface area contributed by atoms with E-state index in [9.17, 15) is 4.79 Å². The highest BCUT2D eigenvalue weighted by Crippen LogP contribution is 2.23. The molecule has 0 unspecified atom stereocenters. The molecule has 15 heavy (non-hydrogen) atoms. The number of nitrogens with zero attached hydrogens (tertiary/aromatic N) is 3. The molecule has 84 valence electrons. The zero-order valence-electron chi connectivity index (χ0n) is 9.77. The van der Waals surface area contributed by atoms with Gasteiger partial charge in [-0.05, 0) is 26.7 Å². The molecule has 1 heterocycles. The molecular weight excluding hydrogens is 194 g/mol. The molecule has 0 saturated heterocycles. The van der Waals surface area contributed by atoms with Gasteiger partial charge in [-0.15, -0.1) is 5.10 Å². The van der Waals surface area contributed by atoms with Crippen molar-refractivity contribution in [2.45, 2.75) is 46.1 Å². The Morgan fingerprint density at radius 3 is 2.27 bits per heavy atom. The molecule has 0 aliphatic rings. The fourth-order valence-corrected chi connectivity index (χ4v) is 1.46. The van der Waals surface area contributed by atoms with Gasteiger partial charge in [0.25, 0.3) is 0 Å². The molecule has 0 bridgehead atoms. The number of aromatic nitrogens is 3. The average molecular weight is 211 g/mol. The highest BCUT2D eigenvalue weighted by atomic mass is 16.4. The van der Waals surface area contributed by atoms with Crippen LogP contribution in [0.5, 0.6) is 0 Å². The quantitative estimate of drug-likeness (QED) is 0.810. The lowest BCUT2D eigenvalue weighted by molar-refractivity contribution is 0.0688. The van der Waals surface area contributed by atoms with Crippen molar-refractivity contribution < 1.29 is 9.90 Å². The highest BCUT2D eigenvalue weighted by molar-refractivity contribution is 5.86. The topological polar surface area (TPSA) is 68.0 Å². The van der Waals surface area contributed by atoms with E-state index in [1.807, 2.05) is 34.6 Å². The summed E-state index contributed by atoms with van der Waals surface area (Å²) in [6.45, 7) is 9.79. The van der Waals surface area contributed by atoms with Crippen LogP contribution in [0.2, 0.25) is 0 Å². The van der Waals surface area contributed by atoms with E-state index in [2.05, 4.69) is 10.3 Å². The maximum absolute atomic E-state index is 11.0. The number of hydrogen-bond donors (Lipinski definition) is 1. The second kappa shape index (κ2) is 3.64. The molecule has 0 fully saturated rings. The van der Waals surface area contributed by atoms with E-state index in [4.69, 9.17) is 5.11 Å². The zero-order valence-corrected chi connectivity index (χ0v) is 9.77. The summed E-state index contributed by atoms with van der Waals surface area (Å²) < 4.78 is 1.68. The van der Waals surface area contributed by atoms with Crippen molar-refractivity contribution in [1.29, 1.82) is 0 Å². The third-order valence-electron chi connectivity index (χ3n) is 2.09. The second-order valence-electron chi connectivity index (χ2n) is 4.87. The molecule has 0 spiro atoms. The first kappa shape index (κ1) is 11.7. The van der Waals surface area contributed by atoms with Crippen LogP contribution in [0.15, 0.2) is 0 Å². The Balaban J connectivity index is 3.37. The molecule has 1 rings (SSSR count). The van der Waals surface area contributed by atoms with Crippen LogP contribution < -0.4 is 0 Å². The second-order valence-corrected chi connectivity index (χ2v) is 4.87. The predicted octanol–water partition coefficient (Wildman–Crippen LogP) is 1.85. The van der Waals surface area contributed by atoms with E-state index in [1.165, 1.54) is 0 Å². The van der Waals surface area contributed by atoms with Gasteiger partial charge in [-0.25, -0.2) is 9.48 Å². The molecule has 1 aromatic rings. The monoisotopic (exact) mass is 211 g/mol. The van der Waals surface area contributed by atoms with Crippen molar-refractivity contribution in [1.82, 2.24) is 15.0 Å². The van der Waals surface area contributed by atoms with E-state index >= 15 is 0 Å². The Morgan fingerprint density at radius 2 is 1.93 bits per heavy atom. The smallest absolute Gasteiger partial charge is 0.358 e. The molecule has 0 aliphatic heterocycles. The molecule has 0 aliphatic carbocycles. The van der Waals surface area contributed by atoms with Gasteiger partial charge < -0.3 is 5.11 Å². The molecule has 5 nitrogen and oxygen atoms in total. The zero-order chi connectivity index (χ0) is 11.8. The number of hydrogen-bond acceptors (Lipinski definition) is 3. The van der Waals surface area contributed by atoms with Crippen LogP contribution in [0.25, 0.3) is 0 Å². The number of rotatable bonds is 2. The SMILES string of the molecule is CC(C)c1c(C(=O)O)nnn1C(C)(C)C. The Hall–Kier alpha value is -1.39. The molecule has 1 aromatic heterocycles. The number of aromatic carboxylic acids is 1. The summed E-state index contributed by atoms with van der Waals surface area (Å²) in [4.78, 5) is 11.0. The molecular formula is C10H17N3O2. The summed E-state index contributed by atoms with van der Waals surface area (Å²) >= 11 is 0. The van der Waals surface area contributed by atoms with Crippen molar-refractivity contribution in [3.8, 4) is 0 Å². The Labute approximate surface area is 89.1 Å². The normalized spacial score (nSPS) is 12.1. The summed E-state index contributed by atoms with van der Waals surface area (Å²) in [5, 5.41) is 16.6. The summed E-state index contributed by atoms with van der Waals surface area (Å²) in [5.74, 6) is -0.931. The van der Waals surface area contributed by atoms with Crippen LogP contribution in [0.4, 0.5) is 0 Å². The minimum Gasteiger partial charge on any atom is -0.476 e. The van der Waals surface area contributed by atoms with Crippen molar-refractivity contribution >= 4 is 5.97 Å². The van der Waals surface area contributed by atoms with E-state index < -0.39 is 5.97 Å². The fourth-order valence-electron chi connectivity index (χ4n) is 1.46. The lowest BCUT2D eigenvalue weighted by atomic mass is 10.0.